The van der Waals surface area contributed by atoms with Crippen molar-refractivity contribution in [2.45, 2.75) is 24.8 Å². The molecular weight excluding hydrogens is 256 g/mol. The molecule has 3 N–H and O–H groups in total. The van der Waals surface area contributed by atoms with Crippen LogP contribution in [0.3, 0.4) is 0 Å². The van der Waals surface area contributed by atoms with Gasteiger partial charge >= 0.3 is 0 Å². The van der Waals surface area contributed by atoms with E-state index in [1.807, 2.05) is 6.92 Å². The first-order valence-corrected chi connectivity index (χ1v) is 6.89. The van der Waals surface area contributed by atoms with Gasteiger partial charge in [-0.05, 0) is 38.1 Å². The first kappa shape index (κ1) is 14.5. The highest BCUT2D eigenvalue weighted by Crippen LogP contribution is 2.16. The van der Waals surface area contributed by atoms with Gasteiger partial charge in [-0.1, -0.05) is 0 Å². The molecule has 0 aliphatic rings. The number of hydrogen-bond acceptors (Lipinski definition) is 4. The summed E-state index contributed by atoms with van der Waals surface area (Å²) in [5.41, 5.74) is 5.00. The molecule has 0 fully saturated rings. The SMILES string of the molecule is CCOc1ccc(S(=O)(=O)N[C@H](C)C(N)=O)cc1. The molecule has 1 aromatic carbocycles. The van der Waals surface area contributed by atoms with E-state index in [1.54, 1.807) is 12.1 Å². The molecule has 6 nitrogen and oxygen atoms in total. The molecule has 0 aliphatic heterocycles. The average molecular weight is 272 g/mol. The second kappa shape index (κ2) is 5.83. The molecule has 18 heavy (non-hydrogen) atoms. The van der Waals surface area contributed by atoms with Gasteiger partial charge in [-0.15, -0.1) is 0 Å². The monoisotopic (exact) mass is 272 g/mol. The van der Waals surface area contributed by atoms with E-state index in [9.17, 15) is 13.2 Å². The zero-order valence-corrected chi connectivity index (χ0v) is 11.0. The minimum Gasteiger partial charge on any atom is -0.494 e. The van der Waals surface area contributed by atoms with Crippen molar-refractivity contribution in [2.24, 2.45) is 5.73 Å². The molecule has 0 aliphatic carbocycles. The fraction of sp³-hybridized carbons (Fsp3) is 0.364. The molecule has 0 saturated heterocycles. The summed E-state index contributed by atoms with van der Waals surface area (Å²) in [6, 6.07) is 4.95. The van der Waals surface area contributed by atoms with Crippen LogP contribution in [0.1, 0.15) is 13.8 Å². The van der Waals surface area contributed by atoms with E-state index in [0.29, 0.717) is 12.4 Å². The van der Waals surface area contributed by atoms with Gasteiger partial charge in [0.1, 0.15) is 5.75 Å². The molecule has 1 amide bonds. The van der Waals surface area contributed by atoms with Crippen LogP contribution in [0.15, 0.2) is 29.2 Å². The average Bonchev–Trinajstić information content (AvgIpc) is 2.29. The number of nitrogens with one attached hydrogen (secondary N) is 1. The predicted molar refractivity (Wildman–Crippen MR) is 66.6 cm³/mol. The van der Waals surface area contributed by atoms with Crippen molar-refractivity contribution < 1.29 is 17.9 Å². The third-order valence-electron chi connectivity index (χ3n) is 2.20. The van der Waals surface area contributed by atoms with Gasteiger partial charge in [0, 0.05) is 0 Å². The van der Waals surface area contributed by atoms with Crippen LogP contribution in [-0.4, -0.2) is 27.0 Å². The van der Waals surface area contributed by atoms with E-state index in [4.69, 9.17) is 10.5 Å². The smallest absolute Gasteiger partial charge is 0.241 e. The van der Waals surface area contributed by atoms with Gasteiger partial charge in [0.05, 0.1) is 17.5 Å². The molecular formula is C11H16N2O4S. The van der Waals surface area contributed by atoms with Gasteiger partial charge in [0.2, 0.25) is 15.9 Å². The summed E-state index contributed by atoms with van der Waals surface area (Å²) in [6.45, 7) is 3.72. The Hall–Kier alpha value is -1.60. The molecule has 0 saturated carbocycles. The van der Waals surface area contributed by atoms with Gasteiger partial charge in [-0.3, -0.25) is 4.79 Å². The van der Waals surface area contributed by atoms with Crippen LogP contribution in [-0.2, 0) is 14.8 Å². The molecule has 0 unspecified atom stereocenters. The Labute approximate surface area is 106 Å². The predicted octanol–water partition coefficient (Wildman–Crippen LogP) is 0.237. The maximum absolute atomic E-state index is 11.9. The quantitative estimate of drug-likeness (QED) is 0.774. The minimum atomic E-state index is -3.74. The highest BCUT2D eigenvalue weighted by atomic mass is 32.2. The number of amides is 1. The van der Waals surface area contributed by atoms with E-state index in [0.717, 1.165) is 0 Å². The van der Waals surface area contributed by atoms with Crippen LogP contribution in [0.5, 0.6) is 5.75 Å². The van der Waals surface area contributed by atoms with E-state index in [2.05, 4.69) is 4.72 Å². The van der Waals surface area contributed by atoms with E-state index in [1.165, 1.54) is 19.1 Å². The molecule has 0 bridgehead atoms. The lowest BCUT2D eigenvalue weighted by Crippen LogP contribution is -2.42. The van der Waals surface area contributed by atoms with Gasteiger partial charge in [0.15, 0.2) is 0 Å². The Morgan fingerprint density at radius 2 is 1.94 bits per heavy atom. The molecule has 1 aromatic rings. The second-order valence-corrected chi connectivity index (χ2v) is 5.36. The van der Waals surface area contributed by atoms with Crippen molar-refractivity contribution in [1.82, 2.24) is 4.72 Å². The lowest BCUT2D eigenvalue weighted by atomic mass is 10.3. The van der Waals surface area contributed by atoms with Crippen LogP contribution >= 0.6 is 0 Å². The molecule has 0 radical (unpaired) electrons. The van der Waals surface area contributed by atoms with E-state index in [-0.39, 0.29) is 4.90 Å². The number of carbonyl (C=O) groups excluding carboxylic acids is 1. The topological polar surface area (TPSA) is 98.5 Å². The number of nitrogens with two attached hydrogens (primary N) is 1. The summed E-state index contributed by atoms with van der Waals surface area (Å²) in [5.74, 6) is -0.149. The fourth-order valence-electron chi connectivity index (χ4n) is 1.24. The summed E-state index contributed by atoms with van der Waals surface area (Å²) in [7, 11) is -3.74. The zero-order chi connectivity index (χ0) is 13.8. The van der Waals surface area contributed by atoms with Crippen molar-refractivity contribution >= 4 is 15.9 Å². The number of hydrogen-bond donors (Lipinski definition) is 2. The first-order chi connectivity index (χ1) is 8.36. The lowest BCUT2D eigenvalue weighted by Gasteiger charge is -2.11. The van der Waals surface area contributed by atoms with Crippen molar-refractivity contribution in [2.75, 3.05) is 6.61 Å². The summed E-state index contributed by atoms with van der Waals surface area (Å²) in [5, 5.41) is 0. The molecule has 1 atom stereocenters. The van der Waals surface area contributed by atoms with Gasteiger partial charge in [0.25, 0.3) is 0 Å². The number of carbonyl (C=O) groups is 1. The molecule has 0 heterocycles. The number of ether oxygens (including phenoxy) is 1. The molecule has 1 rings (SSSR count). The minimum absolute atomic E-state index is 0.0547. The maximum atomic E-state index is 11.9. The largest absolute Gasteiger partial charge is 0.494 e. The third kappa shape index (κ3) is 3.71. The maximum Gasteiger partial charge on any atom is 0.241 e. The Kier molecular flexibility index (Phi) is 4.69. The van der Waals surface area contributed by atoms with Crippen LogP contribution < -0.4 is 15.2 Å². The third-order valence-corrected chi connectivity index (χ3v) is 3.76. The molecule has 0 spiro atoms. The van der Waals surface area contributed by atoms with Crippen LogP contribution in [0.4, 0.5) is 0 Å². The van der Waals surface area contributed by atoms with Gasteiger partial charge in [-0.25, -0.2) is 8.42 Å². The van der Waals surface area contributed by atoms with Crippen LogP contribution in [0, 0.1) is 0 Å². The summed E-state index contributed by atoms with van der Waals surface area (Å²) in [6.07, 6.45) is 0. The summed E-state index contributed by atoms with van der Waals surface area (Å²) in [4.78, 5) is 10.9. The van der Waals surface area contributed by atoms with Gasteiger partial charge in [-0.2, -0.15) is 4.72 Å². The van der Waals surface area contributed by atoms with Crippen LogP contribution in [0.2, 0.25) is 0 Å². The van der Waals surface area contributed by atoms with E-state index >= 15 is 0 Å². The van der Waals surface area contributed by atoms with Crippen molar-refractivity contribution in [3.63, 3.8) is 0 Å². The lowest BCUT2D eigenvalue weighted by molar-refractivity contribution is -0.119. The standard InChI is InChI=1S/C11H16N2O4S/c1-3-17-9-4-6-10(7-5-9)18(15,16)13-8(2)11(12)14/h4-8,13H,3H2,1-2H3,(H2,12,14)/t8-/m1/s1. The zero-order valence-electron chi connectivity index (χ0n) is 10.2. The Bertz CT molecular complexity index is 510. The normalized spacial score (nSPS) is 13.0. The highest BCUT2D eigenvalue weighted by Gasteiger charge is 2.20. The summed E-state index contributed by atoms with van der Waals surface area (Å²) >= 11 is 0. The number of rotatable bonds is 6. The molecule has 100 valence electrons. The fourth-order valence-corrected chi connectivity index (χ4v) is 2.45. The second-order valence-electron chi connectivity index (χ2n) is 3.65. The Balaban J connectivity index is 2.88. The first-order valence-electron chi connectivity index (χ1n) is 5.41. The van der Waals surface area contributed by atoms with Crippen molar-refractivity contribution in [3.8, 4) is 5.75 Å². The summed E-state index contributed by atoms with van der Waals surface area (Å²) < 4.78 is 31.1. The molecule has 0 aromatic heterocycles. The Morgan fingerprint density at radius 3 is 2.39 bits per heavy atom. The van der Waals surface area contributed by atoms with Crippen molar-refractivity contribution in [3.05, 3.63) is 24.3 Å². The van der Waals surface area contributed by atoms with Crippen LogP contribution in [0.25, 0.3) is 0 Å². The number of benzene rings is 1. The number of primary amides is 1. The van der Waals surface area contributed by atoms with Gasteiger partial charge < -0.3 is 10.5 Å². The van der Waals surface area contributed by atoms with Crippen molar-refractivity contribution in [1.29, 1.82) is 0 Å². The van der Waals surface area contributed by atoms with E-state index < -0.39 is 22.0 Å². The Morgan fingerprint density at radius 1 is 1.39 bits per heavy atom. The highest BCUT2D eigenvalue weighted by molar-refractivity contribution is 7.89. The molecule has 7 heteroatoms. The number of sulfonamides is 1.